The number of aromatic amines is 1. The highest BCUT2D eigenvalue weighted by Crippen LogP contribution is 2.30. The fourth-order valence-corrected chi connectivity index (χ4v) is 3.63. The average Bonchev–Trinajstić information content (AvgIpc) is 3.19. The van der Waals surface area contributed by atoms with Crippen molar-refractivity contribution in [3.8, 4) is 11.3 Å². The number of nitrogens with zero attached hydrogens (tertiary/aromatic N) is 5. The summed E-state index contributed by atoms with van der Waals surface area (Å²) in [5, 5.41) is 19.1. The second-order valence-corrected chi connectivity index (χ2v) is 6.86. The molecule has 3 aromatic rings. The number of anilines is 1. The maximum absolute atomic E-state index is 11.1. The van der Waals surface area contributed by atoms with Gasteiger partial charge in [0.05, 0.1) is 10.4 Å². The van der Waals surface area contributed by atoms with E-state index >= 15 is 0 Å². The molecule has 8 nitrogen and oxygen atoms in total. The van der Waals surface area contributed by atoms with Crippen LogP contribution in [0, 0.1) is 10.1 Å². The van der Waals surface area contributed by atoms with Gasteiger partial charge in [-0.1, -0.05) is 13.8 Å². The van der Waals surface area contributed by atoms with Crippen LogP contribution in [0.1, 0.15) is 13.8 Å². The van der Waals surface area contributed by atoms with Crippen LogP contribution in [0.4, 0.5) is 11.5 Å². The maximum Gasteiger partial charge on any atom is 0.270 e. The number of pyridine rings is 1. The van der Waals surface area contributed by atoms with Crippen LogP contribution < -0.4 is 4.90 Å². The molecule has 1 aromatic carbocycles. The Morgan fingerprint density at radius 3 is 2.62 bits per heavy atom. The van der Waals surface area contributed by atoms with Crippen LogP contribution in [-0.4, -0.2) is 63.6 Å². The average molecular weight is 417 g/mol. The van der Waals surface area contributed by atoms with E-state index in [1.165, 1.54) is 6.07 Å². The number of hydrogen-bond acceptors (Lipinski definition) is 6. The molecule has 1 aliphatic rings. The highest BCUT2D eigenvalue weighted by molar-refractivity contribution is 6.18. The van der Waals surface area contributed by atoms with E-state index in [0.717, 1.165) is 55.0 Å². The fourth-order valence-electron chi connectivity index (χ4n) is 3.39. The lowest BCUT2D eigenvalue weighted by Gasteiger charge is -2.35. The Bertz CT molecular complexity index is 969. The number of piperazine rings is 1. The predicted molar refractivity (Wildman–Crippen MR) is 117 cm³/mol. The van der Waals surface area contributed by atoms with Crippen LogP contribution >= 0.6 is 11.6 Å². The SMILES string of the molecule is CC.O=[N+]([O-])c1ccc2[nH]nc(-c3ccnc(N4CCN(CCCl)CC4)c3)c2c1. The number of H-pyrrole nitrogens is 1. The topological polar surface area (TPSA) is 91.2 Å². The Balaban J connectivity index is 0.00000117. The van der Waals surface area contributed by atoms with Gasteiger partial charge >= 0.3 is 0 Å². The van der Waals surface area contributed by atoms with Crippen LogP contribution in [0.3, 0.4) is 0 Å². The van der Waals surface area contributed by atoms with E-state index in [2.05, 4.69) is 25.0 Å². The molecule has 1 fully saturated rings. The molecule has 2 aromatic heterocycles. The number of benzene rings is 1. The summed E-state index contributed by atoms with van der Waals surface area (Å²) < 4.78 is 0. The smallest absolute Gasteiger partial charge is 0.270 e. The number of nitrogens with one attached hydrogen (secondary N) is 1. The number of aromatic nitrogens is 3. The lowest BCUT2D eigenvalue weighted by molar-refractivity contribution is -0.384. The largest absolute Gasteiger partial charge is 0.354 e. The zero-order chi connectivity index (χ0) is 20.8. The lowest BCUT2D eigenvalue weighted by atomic mass is 10.1. The third kappa shape index (κ3) is 4.65. The van der Waals surface area contributed by atoms with Crippen molar-refractivity contribution < 1.29 is 4.92 Å². The molecule has 29 heavy (non-hydrogen) atoms. The molecule has 3 heterocycles. The number of alkyl halides is 1. The molecule has 154 valence electrons. The van der Waals surface area contributed by atoms with Gasteiger partial charge in [0.1, 0.15) is 11.5 Å². The van der Waals surface area contributed by atoms with Crippen LogP contribution in [0.25, 0.3) is 22.2 Å². The van der Waals surface area contributed by atoms with Crippen molar-refractivity contribution in [1.82, 2.24) is 20.1 Å². The standard InChI is InChI=1S/C18H19ClN6O2.C2H6/c19-4-6-23-7-9-24(10-8-23)17-11-13(3-5-20-17)18-15-12-14(25(26)27)1-2-16(15)21-22-18;1-2/h1-3,5,11-12H,4,6-10H2,(H,21,22);1-2H3. The number of hydrogen-bond donors (Lipinski definition) is 1. The first-order chi connectivity index (χ1) is 14.2. The van der Waals surface area contributed by atoms with Gasteiger partial charge in [-0.25, -0.2) is 4.98 Å². The molecule has 9 heteroatoms. The summed E-state index contributed by atoms with van der Waals surface area (Å²) in [7, 11) is 0. The van der Waals surface area contributed by atoms with Crippen molar-refractivity contribution in [2.24, 2.45) is 0 Å². The van der Waals surface area contributed by atoms with E-state index in [9.17, 15) is 10.1 Å². The molecule has 0 bridgehead atoms. The van der Waals surface area contributed by atoms with E-state index in [0.29, 0.717) is 11.6 Å². The molecule has 0 aliphatic carbocycles. The molecule has 1 N–H and O–H groups in total. The molecule has 0 unspecified atom stereocenters. The second-order valence-electron chi connectivity index (χ2n) is 6.48. The summed E-state index contributed by atoms with van der Waals surface area (Å²) in [5.41, 5.74) is 2.39. The lowest BCUT2D eigenvalue weighted by Crippen LogP contribution is -2.47. The molecule has 0 radical (unpaired) electrons. The zero-order valence-electron chi connectivity index (χ0n) is 16.6. The second kappa shape index (κ2) is 9.67. The van der Waals surface area contributed by atoms with Crippen LogP contribution in [0.2, 0.25) is 0 Å². The minimum atomic E-state index is -0.394. The van der Waals surface area contributed by atoms with Crippen molar-refractivity contribution >= 4 is 34.0 Å². The Kier molecular flexibility index (Phi) is 7.00. The van der Waals surface area contributed by atoms with Gasteiger partial charge in [-0.05, 0) is 18.2 Å². The van der Waals surface area contributed by atoms with Crippen molar-refractivity contribution in [2.75, 3.05) is 43.5 Å². The first-order valence-electron chi connectivity index (χ1n) is 9.78. The molecular weight excluding hydrogens is 392 g/mol. The molecule has 4 rings (SSSR count). The van der Waals surface area contributed by atoms with Crippen molar-refractivity contribution in [3.63, 3.8) is 0 Å². The van der Waals surface area contributed by atoms with Crippen LogP contribution in [0.15, 0.2) is 36.5 Å². The summed E-state index contributed by atoms with van der Waals surface area (Å²) in [5.74, 6) is 1.53. The Morgan fingerprint density at radius 1 is 1.17 bits per heavy atom. The normalized spacial score (nSPS) is 14.5. The summed E-state index contributed by atoms with van der Waals surface area (Å²) >= 11 is 5.82. The van der Waals surface area contributed by atoms with Gasteiger partial charge in [-0.3, -0.25) is 20.1 Å². The third-order valence-corrected chi connectivity index (χ3v) is 5.04. The highest BCUT2D eigenvalue weighted by Gasteiger charge is 2.19. The maximum atomic E-state index is 11.1. The molecule has 0 amide bonds. The highest BCUT2D eigenvalue weighted by atomic mass is 35.5. The van der Waals surface area contributed by atoms with Crippen LogP contribution in [-0.2, 0) is 0 Å². The van der Waals surface area contributed by atoms with Crippen molar-refractivity contribution in [1.29, 1.82) is 0 Å². The van der Waals surface area contributed by atoms with Gasteiger partial charge in [0.2, 0.25) is 0 Å². The summed E-state index contributed by atoms with van der Waals surface area (Å²) in [6.07, 6.45) is 1.76. The number of nitro benzene ring substituents is 1. The van der Waals surface area contributed by atoms with E-state index in [4.69, 9.17) is 11.6 Å². The first kappa shape index (κ1) is 21.0. The van der Waals surface area contributed by atoms with Crippen molar-refractivity contribution in [2.45, 2.75) is 13.8 Å². The van der Waals surface area contributed by atoms with E-state index in [-0.39, 0.29) is 5.69 Å². The monoisotopic (exact) mass is 416 g/mol. The van der Waals surface area contributed by atoms with Gasteiger partial charge in [-0.15, -0.1) is 11.6 Å². The van der Waals surface area contributed by atoms with Gasteiger partial charge in [0, 0.05) is 67.9 Å². The van der Waals surface area contributed by atoms with Gasteiger partial charge in [0.25, 0.3) is 5.69 Å². The Labute approximate surface area is 174 Å². The molecule has 1 aliphatic heterocycles. The number of non-ortho nitro benzene ring substituents is 1. The summed E-state index contributed by atoms with van der Waals surface area (Å²) in [6.45, 7) is 8.59. The molecular formula is C20H25ClN6O2. The Hall–Kier alpha value is -2.71. The molecule has 0 atom stereocenters. The third-order valence-electron chi connectivity index (χ3n) is 4.87. The molecule has 0 spiro atoms. The minimum Gasteiger partial charge on any atom is -0.354 e. The van der Waals surface area contributed by atoms with Gasteiger partial charge < -0.3 is 4.90 Å². The number of halogens is 1. The molecule has 0 saturated carbocycles. The van der Waals surface area contributed by atoms with Crippen molar-refractivity contribution in [3.05, 3.63) is 46.6 Å². The molecule has 1 saturated heterocycles. The number of fused-ring (bicyclic) bond motifs is 1. The summed E-state index contributed by atoms with van der Waals surface area (Å²) in [6, 6.07) is 8.58. The van der Waals surface area contributed by atoms with E-state index in [1.807, 2.05) is 26.0 Å². The van der Waals surface area contributed by atoms with Gasteiger partial charge in [0.15, 0.2) is 0 Å². The minimum absolute atomic E-state index is 0.0508. The first-order valence-corrected chi connectivity index (χ1v) is 10.3. The number of nitro groups is 1. The van der Waals surface area contributed by atoms with Crippen LogP contribution in [0.5, 0.6) is 0 Å². The Morgan fingerprint density at radius 2 is 1.93 bits per heavy atom. The van der Waals surface area contributed by atoms with E-state index in [1.54, 1.807) is 18.3 Å². The van der Waals surface area contributed by atoms with E-state index < -0.39 is 4.92 Å². The number of rotatable bonds is 5. The summed E-state index contributed by atoms with van der Waals surface area (Å²) in [4.78, 5) is 19.8. The fraction of sp³-hybridized carbons (Fsp3) is 0.400. The quantitative estimate of drug-likeness (QED) is 0.385. The zero-order valence-corrected chi connectivity index (χ0v) is 17.4. The predicted octanol–water partition coefficient (Wildman–Crippen LogP) is 3.92. The van der Waals surface area contributed by atoms with Gasteiger partial charge in [-0.2, -0.15) is 5.10 Å².